The third-order valence-electron chi connectivity index (χ3n) is 5.60. The number of hydrogen-bond acceptors (Lipinski definition) is 3. The number of carbonyl (C=O) groups is 3. The number of anilines is 1. The molecular weight excluding hydrogens is 471 g/mol. The van der Waals surface area contributed by atoms with E-state index >= 15 is 0 Å². The van der Waals surface area contributed by atoms with Gasteiger partial charge in [-0.25, -0.2) is 9.69 Å². The van der Waals surface area contributed by atoms with Crippen LogP contribution >= 0.6 is 23.2 Å². The molecule has 5 nitrogen and oxygen atoms in total. The van der Waals surface area contributed by atoms with E-state index in [4.69, 9.17) is 23.2 Å². The summed E-state index contributed by atoms with van der Waals surface area (Å²) < 4.78 is 0. The van der Waals surface area contributed by atoms with Gasteiger partial charge < -0.3 is 0 Å². The lowest BCUT2D eigenvalue weighted by atomic mass is 9.95. The molecule has 1 aliphatic heterocycles. The lowest BCUT2D eigenvalue weighted by Crippen LogP contribution is -2.54. The van der Waals surface area contributed by atoms with Crippen molar-refractivity contribution in [3.8, 4) is 0 Å². The Labute approximate surface area is 208 Å². The summed E-state index contributed by atoms with van der Waals surface area (Å²) in [4.78, 5) is 39.4. The molecule has 1 fully saturated rings. The summed E-state index contributed by atoms with van der Waals surface area (Å²) in [6, 6.07) is 15.7. The van der Waals surface area contributed by atoms with E-state index in [0.717, 1.165) is 32.7 Å². The minimum atomic E-state index is -0.825. The van der Waals surface area contributed by atoms with Crippen LogP contribution in [0.3, 0.4) is 0 Å². The second-order valence-electron chi connectivity index (χ2n) is 8.41. The second kappa shape index (κ2) is 9.45. The molecule has 34 heavy (non-hydrogen) atoms. The third-order valence-corrected chi connectivity index (χ3v) is 6.24. The average molecular weight is 493 g/mol. The topological polar surface area (TPSA) is 66.5 Å². The Morgan fingerprint density at radius 1 is 0.882 bits per heavy atom. The molecule has 0 saturated carbocycles. The van der Waals surface area contributed by atoms with Gasteiger partial charge in [0.25, 0.3) is 11.8 Å². The highest BCUT2D eigenvalue weighted by Crippen LogP contribution is 2.28. The highest BCUT2D eigenvalue weighted by Gasteiger charge is 2.37. The third kappa shape index (κ3) is 4.91. The van der Waals surface area contributed by atoms with Crippen LogP contribution in [0.4, 0.5) is 10.5 Å². The van der Waals surface area contributed by atoms with Gasteiger partial charge in [0.2, 0.25) is 0 Å². The minimum absolute atomic E-state index is 0.166. The molecule has 0 radical (unpaired) electrons. The molecule has 0 spiro atoms. The van der Waals surface area contributed by atoms with E-state index in [0.29, 0.717) is 22.0 Å². The van der Waals surface area contributed by atoms with Gasteiger partial charge in [-0.15, -0.1) is 0 Å². The minimum Gasteiger partial charge on any atom is -0.273 e. The van der Waals surface area contributed by atoms with Crippen molar-refractivity contribution in [1.82, 2.24) is 5.32 Å². The van der Waals surface area contributed by atoms with Crippen LogP contribution in [-0.2, 0) is 16.0 Å². The number of halogens is 2. The molecular formula is C27H22Cl2N2O3. The molecule has 1 saturated heterocycles. The van der Waals surface area contributed by atoms with E-state index in [9.17, 15) is 14.4 Å². The van der Waals surface area contributed by atoms with Crippen molar-refractivity contribution in [3.63, 3.8) is 0 Å². The van der Waals surface area contributed by atoms with Gasteiger partial charge in [0.1, 0.15) is 5.57 Å². The Hall–Kier alpha value is -3.41. The molecule has 0 aliphatic carbocycles. The zero-order valence-electron chi connectivity index (χ0n) is 18.9. The maximum absolute atomic E-state index is 13.3. The van der Waals surface area contributed by atoms with E-state index in [2.05, 4.69) is 23.5 Å². The number of nitrogens with one attached hydrogen (secondary N) is 1. The second-order valence-corrected chi connectivity index (χ2v) is 9.25. The zero-order chi connectivity index (χ0) is 24.6. The molecule has 172 valence electrons. The van der Waals surface area contributed by atoms with Crippen LogP contribution in [-0.4, -0.2) is 17.8 Å². The first-order valence-electron chi connectivity index (χ1n) is 10.7. The number of hydrogen-bond donors (Lipinski definition) is 1. The van der Waals surface area contributed by atoms with Crippen molar-refractivity contribution in [3.05, 3.63) is 104 Å². The Balaban J connectivity index is 1.75. The number of imide groups is 2. The monoisotopic (exact) mass is 492 g/mol. The molecule has 1 aliphatic rings. The maximum atomic E-state index is 13.3. The molecule has 7 heteroatoms. The average Bonchev–Trinajstić information content (AvgIpc) is 2.74. The number of carbonyl (C=O) groups excluding carboxylic acids is 3. The predicted molar refractivity (Wildman–Crippen MR) is 135 cm³/mol. The number of urea groups is 1. The Morgan fingerprint density at radius 2 is 1.59 bits per heavy atom. The van der Waals surface area contributed by atoms with E-state index < -0.39 is 17.8 Å². The molecule has 3 aromatic carbocycles. The van der Waals surface area contributed by atoms with Gasteiger partial charge in [-0.05, 0) is 79.8 Å². The van der Waals surface area contributed by atoms with Crippen LogP contribution in [0.2, 0.25) is 10.0 Å². The SMILES string of the molecule is Cc1cc(C)cc(Cc2ccc(Cl)cc2/C=C2\C(=O)NC(=O)N(c3ccc(C)c(Cl)c3)C2=O)c1. The van der Waals surface area contributed by atoms with Crippen LogP contribution < -0.4 is 10.2 Å². The lowest BCUT2D eigenvalue weighted by molar-refractivity contribution is -0.122. The molecule has 0 unspecified atom stereocenters. The summed E-state index contributed by atoms with van der Waals surface area (Å²) in [5.74, 6) is -1.49. The van der Waals surface area contributed by atoms with Crippen molar-refractivity contribution < 1.29 is 14.4 Å². The Bertz CT molecular complexity index is 1360. The summed E-state index contributed by atoms with van der Waals surface area (Å²) in [6.45, 7) is 5.89. The van der Waals surface area contributed by atoms with Gasteiger partial charge in [0, 0.05) is 10.0 Å². The maximum Gasteiger partial charge on any atom is 0.335 e. The summed E-state index contributed by atoms with van der Waals surface area (Å²) >= 11 is 12.4. The summed E-state index contributed by atoms with van der Waals surface area (Å²) in [5.41, 5.74) is 5.83. The van der Waals surface area contributed by atoms with Crippen molar-refractivity contribution in [1.29, 1.82) is 0 Å². The van der Waals surface area contributed by atoms with Gasteiger partial charge in [-0.3, -0.25) is 14.9 Å². The first-order chi connectivity index (χ1) is 16.1. The number of nitrogens with zero attached hydrogens (tertiary/aromatic N) is 1. The molecule has 1 N–H and O–H groups in total. The molecule has 0 atom stereocenters. The number of barbiturate groups is 1. The number of aryl methyl sites for hydroxylation is 3. The van der Waals surface area contributed by atoms with Gasteiger partial charge in [-0.2, -0.15) is 0 Å². The van der Waals surface area contributed by atoms with Gasteiger partial charge in [-0.1, -0.05) is 64.7 Å². The van der Waals surface area contributed by atoms with E-state index in [1.807, 2.05) is 26.8 Å². The van der Waals surface area contributed by atoms with Crippen LogP contribution in [0.15, 0.2) is 60.2 Å². The summed E-state index contributed by atoms with van der Waals surface area (Å²) in [7, 11) is 0. The predicted octanol–water partition coefficient (Wildman–Crippen LogP) is 6.18. The fourth-order valence-corrected chi connectivity index (χ4v) is 4.38. The molecule has 4 amide bonds. The highest BCUT2D eigenvalue weighted by molar-refractivity contribution is 6.39. The lowest BCUT2D eigenvalue weighted by Gasteiger charge is -2.26. The van der Waals surface area contributed by atoms with Crippen LogP contribution in [0, 0.1) is 20.8 Å². The normalized spacial score (nSPS) is 15.1. The van der Waals surface area contributed by atoms with Crippen LogP contribution in [0.5, 0.6) is 0 Å². The Morgan fingerprint density at radius 3 is 2.26 bits per heavy atom. The van der Waals surface area contributed by atoms with E-state index in [1.165, 1.54) is 12.1 Å². The smallest absolute Gasteiger partial charge is 0.273 e. The summed E-state index contributed by atoms with van der Waals surface area (Å²) in [6.07, 6.45) is 2.07. The standard InChI is InChI=1S/C27H22Cl2N2O3/c1-15-8-16(2)10-18(9-15)11-19-5-6-21(28)12-20(19)13-23-25(32)30-27(34)31(26(23)33)22-7-4-17(3)24(29)14-22/h4-10,12-14H,11H2,1-3H3,(H,30,32,34)/b23-13+. The van der Waals surface area contributed by atoms with Crippen molar-refractivity contribution >= 4 is 52.8 Å². The van der Waals surface area contributed by atoms with Crippen molar-refractivity contribution in [2.45, 2.75) is 27.2 Å². The first-order valence-corrected chi connectivity index (χ1v) is 11.4. The number of benzene rings is 3. The summed E-state index contributed by atoms with van der Waals surface area (Å²) in [5, 5.41) is 3.12. The molecule has 1 heterocycles. The van der Waals surface area contributed by atoms with Crippen molar-refractivity contribution in [2.24, 2.45) is 0 Å². The molecule has 0 aromatic heterocycles. The van der Waals surface area contributed by atoms with Crippen molar-refractivity contribution in [2.75, 3.05) is 4.90 Å². The largest absolute Gasteiger partial charge is 0.335 e. The number of amides is 4. The quantitative estimate of drug-likeness (QED) is 0.349. The highest BCUT2D eigenvalue weighted by atomic mass is 35.5. The zero-order valence-corrected chi connectivity index (χ0v) is 20.4. The number of rotatable bonds is 4. The van der Waals surface area contributed by atoms with E-state index in [-0.39, 0.29) is 11.3 Å². The van der Waals surface area contributed by atoms with E-state index in [1.54, 1.807) is 24.3 Å². The first kappa shape index (κ1) is 23.7. The molecule has 4 rings (SSSR count). The Kier molecular flexibility index (Phi) is 6.60. The van der Waals surface area contributed by atoms with Gasteiger partial charge in [0.05, 0.1) is 5.69 Å². The van der Waals surface area contributed by atoms with Crippen LogP contribution in [0.25, 0.3) is 6.08 Å². The fourth-order valence-electron chi connectivity index (χ4n) is 4.02. The van der Waals surface area contributed by atoms with Gasteiger partial charge >= 0.3 is 6.03 Å². The van der Waals surface area contributed by atoms with Gasteiger partial charge in [0.15, 0.2) is 0 Å². The van der Waals surface area contributed by atoms with Crippen LogP contribution in [0.1, 0.15) is 33.4 Å². The molecule has 3 aromatic rings. The fraction of sp³-hybridized carbons (Fsp3) is 0.148. The molecule has 0 bridgehead atoms.